The van der Waals surface area contributed by atoms with Gasteiger partial charge in [-0.25, -0.2) is 0 Å². The Bertz CT molecular complexity index is 660. The van der Waals surface area contributed by atoms with E-state index in [2.05, 4.69) is 26.6 Å². The average molecular weight is 394 g/mol. The molecule has 130 valence electrons. The van der Waals surface area contributed by atoms with Crippen molar-refractivity contribution in [1.29, 1.82) is 0 Å². The molecule has 1 spiro atoms. The lowest BCUT2D eigenvalue weighted by molar-refractivity contribution is -0.122. The van der Waals surface area contributed by atoms with Crippen LogP contribution in [0.3, 0.4) is 0 Å². The minimum absolute atomic E-state index is 0.0227. The minimum Gasteiger partial charge on any atom is -0.491 e. The van der Waals surface area contributed by atoms with Gasteiger partial charge in [0.1, 0.15) is 12.4 Å². The van der Waals surface area contributed by atoms with Crippen molar-refractivity contribution < 1.29 is 9.53 Å². The number of carbonyl (C=O) groups excluding carboxylic acids is 1. The van der Waals surface area contributed by atoms with Gasteiger partial charge in [0.25, 0.3) is 0 Å². The van der Waals surface area contributed by atoms with Crippen LogP contribution >= 0.6 is 15.9 Å². The normalized spacial score (nSPS) is 27.8. The summed E-state index contributed by atoms with van der Waals surface area (Å²) in [6.45, 7) is 2.21. The van der Waals surface area contributed by atoms with Crippen LogP contribution in [-0.4, -0.2) is 25.1 Å². The molecule has 0 saturated heterocycles. The SMILES string of the molecule is NC1CCC2(CC2)CC1C(=O)Nc1cc(Br)c2c(c1)CNCCO2. The molecule has 3 aliphatic rings. The quantitative estimate of drug-likeness (QED) is 0.721. The van der Waals surface area contributed by atoms with E-state index in [4.69, 9.17) is 10.5 Å². The van der Waals surface area contributed by atoms with Crippen molar-refractivity contribution in [3.8, 4) is 5.75 Å². The molecular formula is C18H24BrN3O2. The number of carbonyl (C=O) groups is 1. The van der Waals surface area contributed by atoms with Crippen molar-refractivity contribution in [1.82, 2.24) is 5.32 Å². The molecule has 2 atom stereocenters. The highest BCUT2D eigenvalue weighted by Crippen LogP contribution is 2.57. The van der Waals surface area contributed by atoms with Crippen LogP contribution in [-0.2, 0) is 11.3 Å². The van der Waals surface area contributed by atoms with Crippen LogP contribution < -0.4 is 21.1 Å². The Morgan fingerprint density at radius 3 is 3.00 bits per heavy atom. The molecule has 0 radical (unpaired) electrons. The number of nitrogens with one attached hydrogen (secondary N) is 2. The minimum atomic E-state index is -0.0757. The van der Waals surface area contributed by atoms with E-state index in [-0.39, 0.29) is 17.9 Å². The van der Waals surface area contributed by atoms with E-state index < -0.39 is 0 Å². The smallest absolute Gasteiger partial charge is 0.229 e. The second-order valence-electron chi connectivity index (χ2n) is 7.47. The van der Waals surface area contributed by atoms with Crippen LogP contribution in [0.5, 0.6) is 5.75 Å². The number of hydrogen-bond acceptors (Lipinski definition) is 4. The molecular weight excluding hydrogens is 370 g/mol. The molecule has 4 N–H and O–H groups in total. The Kier molecular flexibility index (Phi) is 4.31. The van der Waals surface area contributed by atoms with Crippen LogP contribution in [0, 0.1) is 11.3 Å². The fourth-order valence-corrected chi connectivity index (χ4v) is 4.63. The van der Waals surface area contributed by atoms with Crippen LogP contribution in [0.15, 0.2) is 16.6 Å². The Hall–Kier alpha value is -1.11. The molecule has 0 bridgehead atoms. The summed E-state index contributed by atoms with van der Waals surface area (Å²) in [7, 11) is 0. The van der Waals surface area contributed by atoms with Crippen LogP contribution in [0.1, 0.15) is 37.7 Å². The van der Waals surface area contributed by atoms with E-state index in [0.717, 1.165) is 47.4 Å². The number of ether oxygens (including phenoxy) is 1. The second-order valence-corrected chi connectivity index (χ2v) is 8.33. The van der Waals surface area contributed by atoms with Gasteiger partial charge in [0.05, 0.1) is 10.4 Å². The van der Waals surface area contributed by atoms with Gasteiger partial charge in [0.15, 0.2) is 0 Å². The maximum atomic E-state index is 12.8. The Balaban J connectivity index is 1.51. The van der Waals surface area contributed by atoms with Gasteiger partial charge in [-0.1, -0.05) is 0 Å². The maximum absolute atomic E-state index is 12.8. The fraction of sp³-hybridized carbons (Fsp3) is 0.611. The third-order valence-electron chi connectivity index (χ3n) is 5.70. The van der Waals surface area contributed by atoms with Gasteiger partial charge in [-0.2, -0.15) is 0 Å². The number of benzene rings is 1. The molecule has 6 heteroatoms. The fourth-order valence-electron chi connectivity index (χ4n) is 4.01. The van der Waals surface area contributed by atoms with E-state index >= 15 is 0 Å². The van der Waals surface area contributed by atoms with Crippen molar-refractivity contribution in [2.75, 3.05) is 18.5 Å². The summed E-state index contributed by atoms with van der Waals surface area (Å²) in [6, 6.07) is 3.89. The van der Waals surface area contributed by atoms with Crippen LogP contribution in [0.2, 0.25) is 0 Å². The van der Waals surface area contributed by atoms with Crippen molar-refractivity contribution in [3.63, 3.8) is 0 Å². The summed E-state index contributed by atoms with van der Waals surface area (Å²) < 4.78 is 6.65. The Morgan fingerprint density at radius 2 is 2.21 bits per heavy atom. The zero-order valence-corrected chi connectivity index (χ0v) is 15.3. The standard InChI is InChI=1S/C18H24BrN3O2/c19-14-8-12(7-11-10-21-5-6-24-16(11)14)22-17(23)13-9-18(3-4-18)2-1-15(13)20/h7-8,13,15,21H,1-6,9-10,20H2,(H,22,23). The maximum Gasteiger partial charge on any atom is 0.229 e. The predicted molar refractivity (Wildman–Crippen MR) is 97.0 cm³/mol. The lowest BCUT2D eigenvalue weighted by Gasteiger charge is -2.33. The summed E-state index contributed by atoms with van der Waals surface area (Å²) in [4.78, 5) is 12.8. The number of anilines is 1. The molecule has 0 aromatic heterocycles. The van der Waals surface area contributed by atoms with Crippen molar-refractivity contribution in [2.24, 2.45) is 17.1 Å². The number of nitrogens with two attached hydrogens (primary N) is 1. The molecule has 1 aromatic rings. The zero-order chi connectivity index (χ0) is 16.7. The molecule has 2 fully saturated rings. The first-order valence-electron chi connectivity index (χ1n) is 8.79. The van der Waals surface area contributed by atoms with E-state index in [0.29, 0.717) is 12.0 Å². The van der Waals surface area contributed by atoms with Gasteiger partial charge in [0, 0.05) is 30.4 Å². The lowest BCUT2D eigenvalue weighted by atomic mass is 9.75. The van der Waals surface area contributed by atoms with Crippen LogP contribution in [0.25, 0.3) is 0 Å². The van der Waals surface area contributed by atoms with E-state index in [9.17, 15) is 4.79 Å². The summed E-state index contributed by atoms with van der Waals surface area (Å²) in [5.41, 5.74) is 8.53. The number of hydrogen-bond donors (Lipinski definition) is 3. The molecule has 2 aliphatic carbocycles. The lowest BCUT2D eigenvalue weighted by Crippen LogP contribution is -2.43. The van der Waals surface area contributed by atoms with Gasteiger partial charge in [-0.15, -0.1) is 0 Å². The molecule has 2 saturated carbocycles. The molecule has 24 heavy (non-hydrogen) atoms. The number of amides is 1. The summed E-state index contributed by atoms with van der Waals surface area (Å²) in [5.74, 6) is 0.848. The van der Waals surface area contributed by atoms with Gasteiger partial charge in [0.2, 0.25) is 5.91 Å². The molecule has 5 nitrogen and oxygen atoms in total. The third kappa shape index (κ3) is 3.19. The summed E-state index contributed by atoms with van der Waals surface area (Å²) in [5, 5.41) is 6.41. The largest absolute Gasteiger partial charge is 0.491 e. The van der Waals surface area contributed by atoms with Crippen LogP contribution in [0.4, 0.5) is 5.69 Å². The highest BCUT2D eigenvalue weighted by Gasteiger charge is 2.49. The van der Waals surface area contributed by atoms with Gasteiger partial charge >= 0.3 is 0 Å². The summed E-state index contributed by atoms with van der Waals surface area (Å²) in [6.07, 6.45) is 5.61. The highest BCUT2D eigenvalue weighted by atomic mass is 79.9. The molecule has 2 unspecified atom stereocenters. The van der Waals surface area contributed by atoms with E-state index in [1.807, 2.05) is 12.1 Å². The van der Waals surface area contributed by atoms with Gasteiger partial charge in [-0.05, 0) is 65.6 Å². The second kappa shape index (κ2) is 6.32. The third-order valence-corrected chi connectivity index (χ3v) is 6.29. The van der Waals surface area contributed by atoms with Gasteiger partial charge in [-0.3, -0.25) is 4.79 Å². The number of fused-ring (bicyclic) bond motifs is 1. The topological polar surface area (TPSA) is 76.4 Å². The first kappa shape index (κ1) is 16.4. The first-order chi connectivity index (χ1) is 11.6. The Labute approximate surface area is 150 Å². The zero-order valence-electron chi connectivity index (χ0n) is 13.7. The Morgan fingerprint density at radius 1 is 1.38 bits per heavy atom. The van der Waals surface area contributed by atoms with E-state index in [1.54, 1.807) is 0 Å². The number of rotatable bonds is 2. The van der Waals surface area contributed by atoms with Crippen molar-refractivity contribution in [3.05, 3.63) is 22.2 Å². The molecule has 1 amide bonds. The first-order valence-corrected chi connectivity index (χ1v) is 9.58. The summed E-state index contributed by atoms with van der Waals surface area (Å²) >= 11 is 3.56. The molecule has 4 rings (SSSR count). The molecule has 1 aromatic carbocycles. The van der Waals surface area contributed by atoms with E-state index in [1.165, 1.54) is 19.3 Å². The predicted octanol–water partition coefficient (Wildman–Crippen LogP) is 2.78. The van der Waals surface area contributed by atoms with Crippen molar-refractivity contribution in [2.45, 2.75) is 44.7 Å². The monoisotopic (exact) mass is 393 g/mol. The van der Waals surface area contributed by atoms with Crippen molar-refractivity contribution >= 4 is 27.5 Å². The highest BCUT2D eigenvalue weighted by molar-refractivity contribution is 9.10. The average Bonchev–Trinajstić information content (AvgIpc) is 3.33. The van der Waals surface area contributed by atoms with Gasteiger partial charge < -0.3 is 21.1 Å². The molecule has 1 aliphatic heterocycles. The number of halogens is 1. The molecule has 1 heterocycles.